The highest BCUT2D eigenvalue weighted by molar-refractivity contribution is 6.30. The van der Waals surface area contributed by atoms with E-state index in [9.17, 15) is 14.0 Å². The van der Waals surface area contributed by atoms with Crippen molar-refractivity contribution in [3.63, 3.8) is 0 Å². The predicted octanol–water partition coefficient (Wildman–Crippen LogP) is 4.79. The van der Waals surface area contributed by atoms with Gasteiger partial charge in [-0.25, -0.2) is 9.37 Å². The van der Waals surface area contributed by atoms with Gasteiger partial charge in [-0.1, -0.05) is 11.6 Å². The molecule has 3 aromatic heterocycles. The number of nitrogens with zero attached hydrogens (tertiary/aromatic N) is 2. The Bertz CT molecular complexity index is 1340. The minimum atomic E-state index is -0.360. The van der Waals surface area contributed by atoms with Crippen LogP contribution in [-0.2, 0) is 0 Å². The Morgan fingerprint density at radius 1 is 1.03 bits per heavy atom. The molecule has 0 aliphatic carbocycles. The van der Waals surface area contributed by atoms with Gasteiger partial charge in [0.2, 0.25) is 5.56 Å². The Hall–Kier alpha value is -3.25. The standard InChI is InChI=1S/C22H17ClFN3O2/c1-12(2)27-11-15(10-18(23)22(27)29)17-9-14-5-8-19(28)25-21(14)26-20(17)13-3-6-16(24)7-4-13/h3-12H,1-2H3,(H,25,26,28). The van der Waals surface area contributed by atoms with Crippen LogP contribution in [0, 0.1) is 5.82 Å². The van der Waals surface area contributed by atoms with Gasteiger partial charge in [-0.2, -0.15) is 0 Å². The quantitative estimate of drug-likeness (QED) is 0.529. The molecule has 0 spiro atoms. The van der Waals surface area contributed by atoms with E-state index in [1.807, 2.05) is 19.9 Å². The van der Waals surface area contributed by atoms with E-state index in [4.69, 9.17) is 11.6 Å². The minimum absolute atomic E-state index is 0.0843. The number of nitrogens with one attached hydrogen (secondary N) is 1. The van der Waals surface area contributed by atoms with Gasteiger partial charge in [0, 0.05) is 40.4 Å². The third-order valence-corrected chi connectivity index (χ3v) is 4.96. The monoisotopic (exact) mass is 409 g/mol. The van der Waals surface area contributed by atoms with Crippen molar-refractivity contribution in [3.8, 4) is 22.4 Å². The van der Waals surface area contributed by atoms with Gasteiger partial charge in [0.15, 0.2) is 0 Å². The molecular weight excluding hydrogens is 393 g/mol. The van der Waals surface area contributed by atoms with Crippen LogP contribution in [0.25, 0.3) is 33.4 Å². The van der Waals surface area contributed by atoms with E-state index < -0.39 is 0 Å². The Morgan fingerprint density at radius 3 is 2.45 bits per heavy atom. The van der Waals surface area contributed by atoms with Crippen molar-refractivity contribution in [3.05, 3.63) is 86.3 Å². The molecule has 0 saturated heterocycles. The fraction of sp³-hybridized carbons (Fsp3) is 0.136. The Morgan fingerprint density at radius 2 is 1.76 bits per heavy atom. The lowest BCUT2D eigenvalue weighted by atomic mass is 9.99. The fourth-order valence-corrected chi connectivity index (χ4v) is 3.44. The van der Waals surface area contributed by atoms with E-state index in [0.717, 1.165) is 5.39 Å². The van der Waals surface area contributed by atoms with Gasteiger partial charge < -0.3 is 9.55 Å². The average Bonchev–Trinajstić information content (AvgIpc) is 2.69. The highest BCUT2D eigenvalue weighted by Gasteiger charge is 2.16. The number of halogens is 2. The zero-order chi connectivity index (χ0) is 20.7. The second-order valence-electron chi connectivity index (χ2n) is 7.03. The van der Waals surface area contributed by atoms with E-state index in [1.165, 1.54) is 18.2 Å². The summed E-state index contributed by atoms with van der Waals surface area (Å²) in [7, 11) is 0. The van der Waals surface area contributed by atoms with Crippen molar-refractivity contribution in [1.82, 2.24) is 14.5 Å². The van der Waals surface area contributed by atoms with Crippen LogP contribution in [0.15, 0.2) is 64.3 Å². The number of hydrogen-bond acceptors (Lipinski definition) is 3. The van der Waals surface area contributed by atoms with E-state index in [0.29, 0.717) is 28.0 Å². The molecule has 29 heavy (non-hydrogen) atoms. The molecule has 0 aliphatic heterocycles. The summed E-state index contributed by atoms with van der Waals surface area (Å²) in [5.41, 5.74) is 2.52. The lowest BCUT2D eigenvalue weighted by Gasteiger charge is -2.15. The summed E-state index contributed by atoms with van der Waals surface area (Å²) in [4.78, 5) is 31.5. The number of benzene rings is 1. The predicted molar refractivity (Wildman–Crippen MR) is 113 cm³/mol. The Labute approximate surface area is 170 Å². The van der Waals surface area contributed by atoms with E-state index in [1.54, 1.807) is 35.0 Å². The second-order valence-corrected chi connectivity index (χ2v) is 7.44. The first-order chi connectivity index (χ1) is 13.8. The molecule has 146 valence electrons. The van der Waals surface area contributed by atoms with Gasteiger partial charge >= 0.3 is 0 Å². The smallest absolute Gasteiger partial charge is 0.269 e. The van der Waals surface area contributed by atoms with Gasteiger partial charge in [0.25, 0.3) is 5.56 Å². The first-order valence-corrected chi connectivity index (χ1v) is 9.43. The third-order valence-electron chi connectivity index (χ3n) is 4.69. The average molecular weight is 410 g/mol. The van der Waals surface area contributed by atoms with Crippen LogP contribution in [0.1, 0.15) is 19.9 Å². The fourth-order valence-electron chi connectivity index (χ4n) is 3.23. The first kappa shape index (κ1) is 19.1. The molecule has 0 bridgehead atoms. The normalized spacial score (nSPS) is 11.3. The maximum Gasteiger partial charge on any atom is 0.269 e. The second kappa shape index (κ2) is 7.29. The molecular formula is C22H17ClFN3O2. The topological polar surface area (TPSA) is 67.8 Å². The van der Waals surface area contributed by atoms with Crippen molar-refractivity contribution in [2.24, 2.45) is 0 Å². The molecule has 1 aromatic carbocycles. The number of hydrogen-bond donors (Lipinski definition) is 1. The summed E-state index contributed by atoms with van der Waals surface area (Å²) < 4.78 is 15.0. The van der Waals surface area contributed by atoms with E-state index in [2.05, 4.69) is 9.97 Å². The Balaban J connectivity index is 2.06. The number of fused-ring (bicyclic) bond motifs is 1. The molecule has 0 aliphatic rings. The summed E-state index contributed by atoms with van der Waals surface area (Å²) in [6.45, 7) is 3.79. The van der Waals surface area contributed by atoms with Gasteiger partial charge in [-0.15, -0.1) is 0 Å². The molecule has 1 N–H and O–H groups in total. The van der Waals surface area contributed by atoms with Crippen LogP contribution in [0.3, 0.4) is 0 Å². The summed E-state index contributed by atoms with van der Waals surface area (Å²) >= 11 is 6.22. The lowest BCUT2D eigenvalue weighted by Crippen LogP contribution is -2.21. The molecule has 0 saturated carbocycles. The van der Waals surface area contributed by atoms with Crippen molar-refractivity contribution < 1.29 is 4.39 Å². The Kier molecular flexibility index (Phi) is 4.80. The highest BCUT2D eigenvalue weighted by Crippen LogP contribution is 2.33. The molecule has 0 unspecified atom stereocenters. The van der Waals surface area contributed by atoms with Gasteiger partial charge in [-0.3, -0.25) is 9.59 Å². The van der Waals surface area contributed by atoms with Gasteiger partial charge in [0.05, 0.1) is 5.69 Å². The number of H-pyrrole nitrogens is 1. The third kappa shape index (κ3) is 3.59. The number of aromatic amines is 1. The van der Waals surface area contributed by atoms with Crippen LogP contribution in [0.2, 0.25) is 5.02 Å². The number of rotatable bonds is 3. The molecule has 0 amide bonds. The van der Waals surface area contributed by atoms with E-state index >= 15 is 0 Å². The maximum absolute atomic E-state index is 13.4. The summed E-state index contributed by atoms with van der Waals surface area (Å²) in [5.74, 6) is -0.360. The largest absolute Gasteiger partial charge is 0.311 e. The zero-order valence-corrected chi connectivity index (χ0v) is 16.5. The van der Waals surface area contributed by atoms with Crippen LogP contribution in [0.5, 0.6) is 0 Å². The first-order valence-electron chi connectivity index (χ1n) is 9.05. The van der Waals surface area contributed by atoms with Crippen molar-refractivity contribution in [2.75, 3.05) is 0 Å². The van der Waals surface area contributed by atoms with Crippen LogP contribution < -0.4 is 11.1 Å². The molecule has 7 heteroatoms. The summed E-state index contributed by atoms with van der Waals surface area (Å²) in [6, 6.07) is 12.4. The van der Waals surface area contributed by atoms with Crippen LogP contribution >= 0.6 is 11.6 Å². The van der Waals surface area contributed by atoms with Gasteiger partial charge in [0.1, 0.15) is 16.5 Å². The zero-order valence-electron chi connectivity index (χ0n) is 15.7. The van der Waals surface area contributed by atoms with Crippen molar-refractivity contribution in [2.45, 2.75) is 19.9 Å². The molecule has 0 atom stereocenters. The highest BCUT2D eigenvalue weighted by atomic mass is 35.5. The van der Waals surface area contributed by atoms with E-state index in [-0.39, 0.29) is 28.0 Å². The molecule has 4 rings (SSSR count). The molecule has 0 radical (unpaired) electrons. The summed E-state index contributed by atoms with van der Waals surface area (Å²) in [6.07, 6.45) is 1.74. The van der Waals surface area contributed by atoms with Crippen molar-refractivity contribution >= 4 is 22.6 Å². The number of aromatic nitrogens is 3. The molecule has 3 heterocycles. The van der Waals surface area contributed by atoms with Crippen LogP contribution in [0.4, 0.5) is 4.39 Å². The molecule has 0 fully saturated rings. The molecule has 4 aromatic rings. The maximum atomic E-state index is 13.4. The number of pyridine rings is 3. The van der Waals surface area contributed by atoms with Gasteiger partial charge in [-0.05, 0) is 56.3 Å². The minimum Gasteiger partial charge on any atom is -0.311 e. The lowest BCUT2D eigenvalue weighted by molar-refractivity contribution is 0.579. The van der Waals surface area contributed by atoms with Crippen molar-refractivity contribution in [1.29, 1.82) is 0 Å². The van der Waals surface area contributed by atoms with Crippen LogP contribution in [-0.4, -0.2) is 14.5 Å². The molecule has 5 nitrogen and oxygen atoms in total. The SMILES string of the molecule is CC(C)n1cc(-c2cc3ccc(=O)[nH]c3nc2-c2ccc(F)cc2)cc(Cl)c1=O. The summed E-state index contributed by atoms with van der Waals surface area (Å²) in [5, 5.41) is 0.826.